The van der Waals surface area contributed by atoms with E-state index in [-0.39, 0.29) is 24.9 Å². The van der Waals surface area contributed by atoms with E-state index in [0.717, 1.165) is 5.75 Å². The van der Waals surface area contributed by atoms with E-state index in [2.05, 4.69) is 41.8 Å². The molecular weight excluding hydrogens is 382 g/mol. The highest BCUT2D eigenvalue weighted by atomic mass is 35.5. The lowest BCUT2D eigenvalue weighted by Gasteiger charge is -2.16. The molecule has 2 aromatic carbocycles. The maximum absolute atomic E-state index is 12.1. The highest BCUT2D eigenvalue weighted by Gasteiger charge is 2.11. The van der Waals surface area contributed by atoms with E-state index in [9.17, 15) is 9.59 Å². The number of carbonyl (C=O) groups excluding carboxylic acids is 2. The van der Waals surface area contributed by atoms with E-state index in [4.69, 9.17) is 11.6 Å². The Hall–Kier alpha value is -2.02. The summed E-state index contributed by atoms with van der Waals surface area (Å²) in [4.78, 5) is 26.9. The van der Waals surface area contributed by atoms with Gasteiger partial charge in [-0.05, 0) is 38.2 Å². The second kappa shape index (κ2) is 11.0. The van der Waals surface area contributed by atoms with Crippen molar-refractivity contribution in [2.45, 2.75) is 11.8 Å². The van der Waals surface area contributed by atoms with Crippen LogP contribution in [0.25, 0.3) is 0 Å². The fourth-order valence-corrected chi connectivity index (χ4v) is 3.30. The number of amides is 2. The van der Waals surface area contributed by atoms with Gasteiger partial charge in [0.1, 0.15) is 0 Å². The van der Waals surface area contributed by atoms with E-state index in [1.165, 1.54) is 10.5 Å². The molecule has 2 rings (SSSR count). The molecule has 0 saturated heterocycles. The van der Waals surface area contributed by atoms with Gasteiger partial charge >= 0.3 is 0 Å². The van der Waals surface area contributed by atoms with Crippen LogP contribution in [0, 0.1) is 6.92 Å². The van der Waals surface area contributed by atoms with Gasteiger partial charge in [0.15, 0.2) is 0 Å². The zero-order valence-electron chi connectivity index (χ0n) is 15.5. The third-order valence-corrected chi connectivity index (χ3v) is 5.03. The molecule has 0 aliphatic carbocycles. The summed E-state index contributed by atoms with van der Waals surface area (Å²) in [6, 6.07) is 15.3. The zero-order valence-corrected chi connectivity index (χ0v) is 17.1. The highest BCUT2D eigenvalue weighted by molar-refractivity contribution is 7.99. The molecule has 27 heavy (non-hydrogen) atoms. The molecule has 144 valence electrons. The molecule has 0 unspecified atom stereocenters. The summed E-state index contributed by atoms with van der Waals surface area (Å²) in [5.41, 5.74) is 1.80. The topological polar surface area (TPSA) is 61.4 Å². The molecule has 2 N–H and O–H groups in total. The fraction of sp³-hybridized carbons (Fsp3) is 0.300. The third kappa shape index (κ3) is 8.03. The summed E-state index contributed by atoms with van der Waals surface area (Å²) in [5, 5.41) is 6.10. The van der Waals surface area contributed by atoms with Crippen molar-refractivity contribution in [3.05, 3.63) is 59.1 Å². The number of para-hydroxylation sites is 1. The monoisotopic (exact) mass is 405 g/mol. The number of hydrogen-bond donors (Lipinski definition) is 2. The van der Waals surface area contributed by atoms with Crippen LogP contribution in [-0.4, -0.2) is 49.1 Å². The van der Waals surface area contributed by atoms with Crippen molar-refractivity contribution >= 4 is 40.9 Å². The normalized spacial score (nSPS) is 10.7. The average Bonchev–Trinajstić information content (AvgIpc) is 2.62. The lowest BCUT2D eigenvalue weighted by atomic mass is 10.2. The van der Waals surface area contributed by atoms with Crippen LogP contribution in [0.15, 0.2) is 53.4 Å². The van der Waals surface area contributed by atoms with Crippen LogP contribution in [0.5, 0.6) is 0 Å². The Morgan fingerprint density at radius 1 is 1.04 bits per heavy atom. The smallest absolute Gasteiger partial charge is 0.238 e. The van der Waals surface area contributed by atoms with Crippen molar-refractivity contribution in [1.29, 1.82) is 0 Å². The average molecular weight is 406 g/mol. The van der Waals surface area contributed by atoms with Crippen molar-refractivity contribution in [2.24, 2.45) is 0 Å². The van der Waals surface area contributed by atoms with Gasteiger partial charge in [-0.2, -0.15) is 0 Å². The Labute approximate surface area is 169 Å². The maximum Gasteiger partial charge on any atom is 0.238 e. The summed E-state index contributed by atoms with van der Waals surface area (Å²) in [6.07, 6.45) is 0. The SMILES string of the molecule is Cc1ccc(SCCNC(=O)CN(C)CC(=O)Nc2ccccc2Cl)cc1. The van der Waals surface area contributed by atoms with Gasteiger partial charge < -0.3 is 10.6 Å². The van der Waals surface area contributed by atoms with Crippen LogP contribution in [0.4, 0.5) is 5.69 Å². The van der Waals surface area contributed by atoms with Gasteiger partial charge in [0, 0.05) is 17.2 Å². The van der Waals surface area contributed by atoms with Crippen molar-refractivity contribution < 1.29 is 9.59 Å². The first kappa shape index (κ1) is 21.3. The second-order valence-corrected chi connectivity index (χ2v) is 7.79. The number of likely N-dealkylation sites (N-methyl/N-ethyl adjacent to an activating group) is 1. The minimum atomic E-state index is -0.215. The summed E-state index contributed by atoms with van der Waals surface area (Å²) in [5.74, 6) is 0.478. The Kier molecular flexibility index (Phi) is 8.64. The number of carbonyl (C=O) groups is 2. The van der Waals surface area contributed by atoms with E-state index in [1.54, 1.807) is 48.0 Å². The van der Waals surface area contributed by atoms with Gasteiger partial charge in [-0.3, -0.25) is 14.5 Å². The van der Waals surface area contributed by atoms with E-state index in [1.807, 2.05) is 0 Å². The number of halogens is 1. The number of thioether (sulfide) groups is 1. The summed E-state index contributed by atoms with van der Waals surface area (Å²) in [6.45, 7) is 2.90. The Bertz CT molecular complexity index is 768. The lowest BCUT2D eigenvalue weighted by Crippen LogP contribution is -2.39. The third-order valence-electron chi connectivity index (χ3n) is 3.69. The van der Waals surface area contributed by atoms with Crippen LogP contribution >= 0.6 is 23.4 Å². The van der Waals surface area contributed by atoms with Crippen LogP contribution < -0.4 is 10.6 Å². The Morgan fingerprint density at radius 2 is 1.70 bits per heavy atom. The number of nitrogens with zero attached hydrogens (tertiary/aromatic N) is 1. The number of aryl methyl sites for hydroxylation is 1. The molecule has 0 atom stereocenters. The molecule has 0 heterocycles. The molecule has 0 aliphatic heterocycles. The number of nitrogens with one attached hydrogen (secondary N) is 2. The Balaban J connectivity index is 1.63. The van der Waals surface area contributed by atoms with Gasteiger partial charge in [-0.15, -0.1) is 11.8 Å². The maximum atomic E-state index is 12.1. The molecule has 0 saturated carbocycles. The minimum absolute atomic E-state index is 0.104. The molecule has 7 heteroatoms. The predicted octanol–water partition coefficient (Wildman–Crippen LogP) is 3.43. The first-order valence-electron chi connectivity index (χ1n) is 8.63. The first-order chi connectivity index (χ1) is 12.9. The number of rotatable bonds is 9. The molecule has 0 aliphatic rings. The lowest BCUT2D eigenvalue weighted by molar-refractivity contribution is -0.122. The molecular formula is C20H24ClN3O2S. The van der Waals surface area contributed by atoms with Crippen LogP contribution in [0.3, 0.4) is 0 Å². The van der Waals surface area contributed by atoms with E-state index in [0.29, 0.717) is 17.3 Å². The van der Waals surface area contributed by atoms with Gasteiger partial charge in [-0.1, -0.05) is 41.4 Å². The highest BCUT2D eigenvalue weighted by Crippen LogP contribution is 2.20. The predicted molar refractivity (Wildman–Crippen MR) is 112 cm³/mol. The number of anilines is 1. The van der Waals surface area contributed by atoms with Gasteiger partial charge in [0.05, 0.1) is 23.8 Å². The Morgan fingerprint density at radius 3 is 2.41 bits per heavy atom. The van der Waals surface area contributed by atoms with Crippen LogP contribution in [0.2, 0.25) is 5.02 Å². The van der Waals surface area contributed by atoms with Gasteiger partial charge in [0.2, 0.25) is 11.8 Å². The molecule has 0 aromatic heterocycles. The van der Waals surface area contributed by atoms with Crippen molar-refractivity contribution in [2.75, 3.05) is 37.8 Å². The second-order valence-electron chi connectivity index (χ2n) is 6.21. The first-order valence-corrected chi connectivity index (χ1v) is 9.99. The van der Waals surface area contributed by atoms with Crippen LogP contribution in [-0.2, 0) is 9.59 Å². The molecule has 0 fully saturated rings. The number of hydrogen-bond acceptors (Lipinski definition) is 4. The van der Waals surface area contributed by atoms with Crippen molar-refractivity contribution in [3.8, 4) is 0 Å². The van der Waals surface area contributed by atoms with E-state index < -0.39 is 0 Å². The largest absolute Gasteiger partial charge is 0.354 e. The summed E-state index contributed by atoms with van der Waals surface area (Å²) >= 11 is 7.72. The molecule has 5 nitrogen and oxygen atoms in total. The van der Waals surface area contributed by atoms with Gasteiger partial charge in [-0.25, -0.2) is 0 Å². The quantitative estimate of drug-likeness (QED) is 0.495. The van der Waals surface area contributed by atoms with Crippen molar-refractivity contribution in [1.82, 2.24) is 10.2 Å². The molecule has 0 spiro atoms. The van der Waals surface area contributed by atoms with Crippen molar-refractivity contribution in [3.63, 3.8) is 0 Å². The summed E-state index contributed by atoms with van der Waals surface area (Å²) in [7, 11) is 1.73. The molecule has 2 amide bonds. The fourth-order valence-electron chi connectivity index (χ4n) is 2.35. The molecule has 0 radical (unpaired) electrons. The summed E-state index contributed by atoms with van der Waals surface area (Å²) < 4.78 is 0. The zero-order chi connectivity index (χ0) is 19.6. The minimum Gasteiger partial charge on any atom is -0.354 e. The number of benzene rings is 2. The molecule has 2 aromatic rings. The van der Waals surface area contributed by atoms with Crippen LogP contribution in [0.1, 0.15) is 5.56 Å². The standard InChI is InChI=1S/C20H24ClN3O2S/c1-15-7-9-16(10-8-15)27-12-11-22-19(25)13-24(2)14-20(26)23-18-6-4-3-5-17(18)21/h3-10H,11-14H2,1-2H3,(H,22,25)(H,23,26). The molecule has 0 bridgehead atoms. The van der Waals surface area contributed by atoms with Gasteiger partial charge in [0.25, 0.3) is 0 Å². The van der Waals surface area contributed by atoms with E-state index >= 15 is 0 Å².